The number of carbonyl (C=O) groups is 9. The average Bonchev–Trinajstić information content (AvgIpc) is 0.821. The number of nitrogens with one attached hydrogen (secondary N) is 9. The van der Waals surface area contributed by atoms with Gasteiger partial charge >= 0.3 is 7.60 Å². The number of aliphatic hydroxyl groups excluding tert-OH is 10. The fraction of sp³-hybridized carbons (Fsp3) is 0.862. The van der Waals surface area contributed by atoms with Gasteiger partial charge in [0.1, 0.15) is 85.1 Å². The molecule has 0 aromatic heterocycles. The van der Waals surface area contributed by atoms with E-state index in [-0.39, 0.29) is 122 Å². The first kappa shape index (κ1) is 91.9. The van der Waals surface area contributed by atoms with E-state index in [0.717, 1.165) is 0 Å². The van der Waals surface area contributed by atoms with Gasteiger partial charge in [0, 0.05) is 105 Å². The molecule has 3 heterocycles. The van der Waals surface area contributed by atoms with Crippen molar-refractivity contribution in [2.24, 2.45) is 5.92 Å². The van der Waals surface area contributed by atoms with Crippen molar-refractivity contribution in [3.63, 3.8) is 0 Å². The number of aliphatic hydroxyl groups is 10. The van der Waals surface area contributed by atoms with Crippen molar-refractivity contribution in [3.8, 4) is 0 Å². The summed E-state index contributed by atoms with van der Waals surface area (Å²) in [5.74, 6) is -4.75. The molecule has 11 unspecified atom stereocenters. The summed E-state index contributed by atoms with van der Waals surface area (Å²) in [6.07, 6.45) is -10.9. The lowest BCUT2D eigenvalue weighted by Gasteiger charge is -2.42. The van der Waals surface area contributed by atoms with Crippen molar-refractivity contribution >= 4 is 60.8 Å². The predicted octanol–water partition coefficient (Wildman–Crippen LogP) is -4.68. The van der Waals surface area contributed by atoms with Crippen LogP contribution in [-0.2, 0) is 80.7 Å². The molecule has 103 heavy (non-hydrogen) atoms. The first-order chi connectivity index (χ1) is 49.0. The third-order valence-corrected chi connectivity index (χ3v) is 19.2. The molecule has 3 aliphatic rings. The van der Waals surface area contributed by atoms with Crippen LogP contribution in [0.4, 0.5) is 0 Å². The highest BCUT2D eigenvalue weighted by Crippen LogP contribution is 2.47. The topological polar surface area (TPSA) is 566 Å². The van der Waals surface area contributed by atoms with E-state index in [4.69, 9.17) is 32.9 Å². The molecule has 3 aliphatic heterocycles. The standard InChI is InChI=1S/C65H118N9O28P/c1-38(2)103(94,95)99-37-42(33-75)19-6-12-28-69-61(92)43(20-7-13-26-66-48(82)22-9-15-30-96-63-52(70-39(3)79)58(89)55(86)45(34-76)100-63)74-62(93)44(21-8-14-27-67-49(83)23-10-16-31-97-64-53(71-40(4)80)59(90)56(87)46(35-77)101-64)73-51(85)25-18-29-68-50(84)24-11-17-32-98-65-54(72-41(5)81)60(91)57(88)47(36-78)102-65/h38,42-47,52-60,63-65,75-78,86-91H,6-37H2,1-5H3,(H,66,82)(H,67,83)(H,68,84)(H,69,92)(H,70,79)(H,71,80)(H,72,81)(H,73,85)(H,74,93)(H,94,95)/t42?,43-,44+,45?,46?,47?,52?,53?,54?,55-,56-,57-,58?,59?,60?,63+,64+,65+/m0/s1. The van der Waals surface area contributed by atoms with Crippen LogP contribution in [-0.4, -0.2) is 298 Å². The van der Waals surface area contributed by atoms with Crippen LogP contribution in [0.5, 0.6) is 0 Å². The molecule has 0 aromatic rings. The first-order valence-corrected chi connectivity index (χ1v) is 37.4. The van der Waals surface area contributed by atoms with Crippen LogP contribution in [0.3, 0.4) is 0 Å². The molecule has 0 aromatic carbocycles. The molecule has 19 atom stereocenters. The molecule has 0 radical (unpaired) electrons. The molecule has 3 saturated heterocycles. The Morgan fingerprint density at radius 3 is 1.11 bits per heavy atom. The maximum Gasteiger partial charge on any atom is 0.330 e. The van der Waals surface area contributed by atoms with Crippen molar-refractivity contribution in [2.75, 3.05) is 79.0 Å². The predicted molar refractivity (Wildman–Crippen MR) is 364 cm³/mol. The van der Waals surface area contributed by atoms with Gasteiger partial charge in [-0.1, -0.05) is 20.3 Å². The Kier molecular flexibility index (Phi) is 44.9. The number of rotatable bonds is 52. The zero-order valence-electron chi connectivity index (χ0n) is 59.9. The molecule has 0 aliphatic carbocycles. The van der Waals surface area contributed by atoms with Gasteiger partial charge in [-0.05, 0) is 96.3 Å². The fourth-order valence-corrected chi connectivity index (χ4v) is 12.0. The monoisotopic (exact) mass is 1500 g/mol. The lowest BCUT2D eigenvalue weighted by molar-refractivity contribution is -0.270. The Morgan fingerprint density at radius 2 is 0.757 bits per heavy atom. The van der Waals surface area contributed by atoms with E-state index in [0.29, 0.717) is 83.5 Å². The van der Waals surface area contributed by atoms with E-state index >= 15 is 0 Å². The lowest BCUT2D eigenvalue weighted by atomic mass is 9.97. The quantitative estimate of drug-likeness (QED) is 0.0201. The van der Waals surface area contributed by atoms with E-state index in [9.17, 15) is 104 Å². The van der Waals surface area contributed by atoms with Crippen LogP contribution >= 0.6 is 7.60 Å². The lowest BCUT2D eigenvalue weighted by Crippen LogP contribution is -2.64. The number of amides is 9. The van der Waals surface area contributed by atoms with E-state index < -0.39 is 178 Å². The van der Waals surface area contributed by atoms with Crippen LogP contribution in [0.25, 0.3) is 0 Å². The summed E-state index contributed by atoms with van der Waals surface area (Å²) < 4.78 is 51.5. The summed E-state index contributed by atoms with van der Waals surface area (Å²) >= 11 is 0. The van der Waals surface area contributed by atoms with E-state index in [2.05, 4.69) is 47.9 Å². The molecular formula is C65H118N9O28P. The van der Waals surface area contributed by atoms with Crippen molar-refractivity contribution in [2.45, 2.75) is 273 Å². The Labute approximate surface area is 600 Å². The SMILES string of the molecule is CC(=O)NC1C(O)[C@@H](O)C(CO)O[C@H]1OCCCCC(=O)NCCCC[C@H](NC(=O)[C@@H](CCCCNC(=O)CCCCO[C@@H]1OC(CO)[C@H](O)C(O)C1NC(C)=O)NC(=O)CCCNC(=O)CCCCO[C@@H]1OC(CO)[C@H](O)C(O)C1NC(C)=O)C(=O)NCCCCC(CO)COP(=O)(O)C(C)C. The van der Waals surface area contributed by atoms with Gasteiger partial charge in [-0.25, -0.2) is 0 Å². The van der Waals surface area contributed by atoms with Gasteiger partial charge in [0.25, 0.3) is 0 Å². The van der Waals surface area contributed by atoms with Gasteiger partial charge in [-0.3, -0.25) is 47.7 Å². The van der Waals surface area contributed by atoms with E-state index in [1.807, 2.05) is 0 Å². The first-order valence-electron chi connectivity index (χ1n) is 35.8. The van der Waals surface area contributed by atoms with Gasteiger partial charge in [-0.2, -0.15) is 0 Å². The molecule has 37 nitrogen and oxygen atoms in total. The number of carbonyl (C=O) groups excluding carboxylic acids is 9. The minimum atomic E-state index is -3.89. The highest BCUT2D eigenvalue weighted by Gasteiger charge is 2.48. The summed E-state index contributed by atoms with van der Waals surface area (Å²) in [7, 11) is -3.89. The highest BCUT2D eigenvalue weighted by atomic mass is 31.2. The summed E-state index contributed by atoms with van der Waals surface area (Å²) in [6.45, 7) is 5.10. The summed E-state index contributed by atoms with van der Waals surface area (Å²) in [4.78, 5) is 126. The number of unbranched alkanes of at least 4 members (excludes halogenated alkanes) is 6. The van der Waals surface area contributed by atoms with Gasteiger partial charge < -0.3 is 137 Å². The minimum Gasteiger partial charge on any atom is -0.396 e. The molecule has 0 saturated carbocycles. The Bertz CT molecular complexity index is 2590. The zero-order valence-corrected chi connectivity index (χ0v) is 60.8. The summed E-state index contributed by atoms with van der Waals surface area (Å²) in [6, 6.07) is -5.73. The molecular weight excluding hydrogens is 1390 g/mol. The van der Waals surface area contributed by atoms with Gasteiger partial charge in [0.05, 0.1) is 32.1 Å². The number of ether oxygens (including phenoxy) is 6. The molecule has 0 spiro atoms. The van der Waals surface area contributed by atoms with E-state index in [1.165, 1.54) is 20.8 Å². The average molecular weight is 1500 g/mol. The van der Waals surface area contributed by atoms with Crippen molar-refractivity contribution in [1.29, 1.82) is 0 Å². The third-order valence-electron chi connectivity index (χ3n) is 17.4. The Balaban J connectivity index is 1.64. The second-order valence-corrected chi connectivity index (χ2v) is 28.8. The molecule has 38 heteroatoms. The fourth-order valence-electron chi connectivity index (χ4n) is 11.3. The molecule has 3 rings (SSSR count). The van der Waals surface area contributed by atoms with E-state index in [1.54, 1.807) is 13.8 Å². The highest BCUT2D eigenvalue weighted by molar-refractivity contribution is 7.53. The number of hydrogen-bond donors (Lipinski definition) is 20. The van der Waals surface area contributed by atoms with Crippen LogP contribution in [0, 0.1) is 5.92 Å². The third kappa shape index (κ3) is 34.9. The minimum absolute atomic E-state index is 0.0298. The molecule has 596 valence electrons. The zero-order chi connectivity index (χ0) is 76.6. The smallest absolute Gasteiger partial charge is 0.330 e. The molecule has 0 bridgehead atoms. The normalized spacial score (nSPS) is 26.3. The second kappa shape index (κ2) is 50.3. The molecule has 3 fully saturated rings. The summed E-state index contributed by atoms with van der Waals surface area (Å²) in [5.41, 5.74) is -0.645. The number of hydrogen-bond acceptors (Lipinski definition) is 27. The van der Waals surface area contributed by atoms with Crippen LogP contribution in [0.2, 0.25) is 0 Å². The van der Waals surface area contributed by atoms with Gasteiger partial charge in [0.15, 0.2) is 18.9 Å². The molecule has 20 N–H and O–H groups in total. The maximum atomic E-state index is 14.4. The molecule has 9 amide bonds. The maximum absolute atomic E-state index is 14.4. The Hall–Kier alpha value is -5.26. The Morgan fingerprint density at radius 1 is 0.417 bits per heavy atom. The van der Waals surface area contributed by atoms with Gasteiger partial charge in [-0.15, -0.1) is 0 Å². The summed E-state index contributed by atoms with van der Waals surface area (Å²) in [5, 5.41) is 125. The van der Waals surface area contributed by atoms with Crippen molar-refractivity contribution in [3.05, 3.63) is 0 Å². The van der Waals surface area contributed by atoms with Gasteiger partial charge in [0.2, 0.25) is 53.2 Å². The largest absolute Gasteiger partial charge is 0.396 e. The van der Waals surface area contributed by atoms with Crippen LogP contribution < -0.4 is 47.9 Å². The van der Waals surface area contributed by atoms with Crippen molar-refractivity contribution in [1.82, 2.24) is 47.9 Å². The second-order valence-electron chi connectivity index (χ2n) is 26.4. The van der Waals surface area contributed by atoms with Crippen molar-refractivity contribution < 1.29 is 137 Å². The van der Waals surface area contributed by atoms with Crippen LogP contribution in [0.1, 0.15) is 163 Å². The van der Waals surface area contributed by atoms with Crippen LogP contribution in [0.15, 0.2) is 0 Å².